The van der Waals surface area contributed by atoms with Crippen molar-refractivity contribution in [2.45, 2.75) is 13.0 Å². The molecule has 0 bridgehead atoms. The van der Waals surface area contributed by atoms with Gasteiger partial charge in [0, 0.05) is 18.2 Å². The summed E-state index contributed by atoms with van der Waals surface area (Å²) in [5.41, 5.74) is 0.369. The minimum Gasteiger partial charge on any atom is -0.332 e. The molecule has 1 aliphatic heterocycles. The molecule has 128 valence electrons. The summed E-state index contributed by atoms with van der Waals surface area (Å²) >= 11 is 13.7. The zero-order valence-corrected chi connectivity index (χ0v) is 15.6. The number of halogens is 3. The Morgan fingerprint density at radius 2 is 2.04 bits per heavy atom. The van der Waals surface area contributed by atoms with Gasteiger partial charge in [0.25, 0.3) is 0 Å². The maximum absolute atomic E-state index is 12.3. The number of nitrogens with zero attached hydrogens (tertiary/aromatic N) is 1. The topological polar surface area (TPSA) is 61.4 Å². The summed E-state index contributed by atoms with van der Waals surface area (Å²) in [7, 11) is 0. The van der Waals surface area contributed by atoms with E-state index in [1.165, 1.54) is 4.90 Å². The molecule has 2 amide bonds. The molecule has 1 unspecified atom stereocenters. The second-order valence-corrected chi connectivity index (χ2v) is 6.61. The Bertz CT molecular complexity index is 548. The van der Waals surface area contributed by atoms with Crippen LogP contribution in [0, 0.1) is 0 Å². The Hall–Kier alpha value is -0.660. The van der Waals surface area contributed by atoms with E-state index in [0.717, 1.165) is 11.6 Å². The summed E-state index contributed by atoms with van der Waals surface area (Å²) < 4.78 is 0. The third-order valence-corrected chi connectivity index (χ3v) is 4.84. The van der Waals surface area contributed by atoms with Crippen LogP contribution in [0.5, 0.6) is 0 Å². The fraction of sp³-hybridized carbons (Fsp3) is 0.429. The zero-order chi connectivity index (χ0) is 16.1. The number of carbonyl (C=O) groups is 2. The number of likely N-dealkylation sites (N-methyl/N-ethyl adjacent to an activating group) is 1. The predicted octanol–water partition coefficient (Wildman–Crippen LogP) is 2.86. The van der Waals surface area contributed by atoms with Crippen LogP contribution in [0.1, 0.15) is 6.92 Å². The molecular formula is C14H18Cl3N3O2S. The van der Waals surface area contributed by atoms with Gasteiger partial charge in [0.15, 0.2) is 0 Å². The molecular weight excluding hydrogens is 381 g/mol. The highest BCUT2D eigenvalue weighted by molar-refractivity contribution is 7.99. The van der Waals surface area contributed by atoms with Gasteiger partial charge in [0.05, 0.1) is 28.3 Å². The molecule has 0 spiro atoms. The summed E-state index contributed by atoms with van der Waals surface area (Å²) in [6, 6.07) is 4.77. The van der Waals surface area contributed by atoms with Crippen molar-refractivity contribution in [3.8, 4) is 0 Å². The highest BCUT2D eigenvalue weighted by Crippen LogP contribution is 2.29. The van der Waals surface area contributed by atoms with Crippen molar-refractivity contribution in [1.82, 2.24) is 10.2 Å². The van der Waals surface area contributed by atoms with Gasteiger partial charge in [-0.3, -0.25) is 14.9 Å². The minimum absolute atomic E-state index is 0. The SMILES string of the molecule is CCN(CC(=O)Nc1c(Cl)cccc1Cl)C(=O)C1CSCN1.Cl. The maximum atomic E-state index is 12.3. The predicted molar refractivity (Wildman–Crippen MR) is 98.8 cm³/mol. The van der Waals surface area contributed by atoms with E-state index in [-0.39, 0.29) is 36.8 Å². The molecule has 23 heavy (non-hydrogen) atoms. The summed E-state index contributed by atoms with van der Waals surface area (Å²) in [6.45, 7) is 2.28. The van der Waals surface area contributed by atoms with Crippen LogP contribution in [-0.4, -0.2) is 47.5 Å². The molecule has 2 rings (SSSR count). The van der Waals surface area contributed by atoms with Crippen molar-refractivity contribution < 1.29 is 9.59 Å². The maximum Gasteiger partial charge on any atom is 0.244 e. The van der Waals surface area contributed by atoms with Crippen molar-refractivity contribution in [3.05, 3.63) is 28.2 Å². The smallest absolute Gasteiger partial charge is 0.244 e. The first-order valence-corrected chi connectivity index (χ1v) is 8.77. The fourth-order valence-electron chi connectivity index (χ4n) is 2.09. The van der Waals surface area contributed by atoms with Crippen LogP contribution in [0.25, 0.3) is 0 Å². The number of hydrogen-bond acceptors (Lipinski definition) is 4. The second kappa shape index (κ2) is 9.59. The first kappa shape index (κ1) is 20.4. The number of benzene rings is 1. The lowest BCUT2D eigenvalue weighted by atomic mass is 10.2. The summed E-state index contributed by atoms with van der Waals surface area (Å²) in [6.07, 6.45) is 0. The van der Waals surface area contributed by atoms with Crippen molar-refractivity contribution in [3.63, 3.8) is 0 Å². The monoisotopic (exact) mass is 397 g/mol. The quantitative estimate of drug-likeness (QED) is 0.800. The van der Waals surface area contributed by atoms with Gasteiger partial charge in [0.2, 0.25) is 11.8 Å². The molecule has 5 nitrogen and oxygen atoms in total. The van der Waals surface area contributed by atoms with E-state index in [9.17, 15) is 9.59 Å². The Balaban J connectivity index is 0.00000264. The van der Waals surface area contributed by atoms with Gasteiger partial charge >= 0.3 is 0 Å². The molecule has 1 aromatic rings. The van der Waals surface area contributed by atoms with Gasteiger partial charge in [-0.15, -0.1) is 24.2 Å². The Morgan fingerprint density at radius 3 is 2.57 bits per heavy atom. The number of amides is 2. The molecule has 0 saturated carbocycles. The van der Waals surface area contributed by atoms with Gasteiger partial charge in [-0.1, -0.05) is 29.3 Å². The fourth-order valence-corrected chi connectivity index (χ4v) is 3.51. The second-order valence-electron chi connectivity index (χ2n) is 4.77. The van der Waals surface area contributed by atoms with E-state index in [1.807, 2.05) is 6.92 Å². The number of rotatable bonds is 5. The number of carbonyl (C=O) groups excluding carboxylic acids is 2. The molecule has 1 fully saturated rings. The average molecular weight is 399 g/mol. The summed E-state index contributed by atoms with van der Waals surface area (Å²) in [4.78, 5) is 26.0. The van der Waals surface area contributed by atoms with Crippen molar-refractivity contribution in [1.29, 1.82) is 0 Å². The standard InChI is InChI=1S/C14H17Cl2N3O2S.ClH/c1-2-19(14(21)11-7-22-8-17-11)6-12(20)18-13-9(15)4-3-5-10(13)16;/h3-5,11,17H,2,6-8H2,1H3,(H,18,20);1H. The van der Waals surface area contributed by atoms with Gasteiger partial charge in [0.1, 0.15) is 0 Å². The van der Waals surface area contributed by atoms with Gasteiger partial charge < -0.3 is 10.2 Å². The number of thioether (sulfide) groups is 1. The molecule has 0 aromatic heterocycles. The average Bonchev–Trinajstić information content (AvgIpc) is 3.02. The third-order valence-electron chi connectivity index (χ3n) is 3.27. The number of para-hydroxylation sites is 1. The molecule has 0 radical (unpaired) electrons. The Labute approximate surface area is 155 Å². The highest BCUT2D eigenvalue weighted by atomic mass is 35.5. The molecule has 1 saturated heterocycles. The molecule has 1 aliphatic rings. The molecule has 1 aromatic carbocycles. The van der Waals surface area contributed by atoms with E-state index < -0.39 is 0 Å². The first-order chi connectivity index (χ1) is 10.5. The van der Waals surface area contributed by atoms with Crippen LogP contribution in [0.3, 0.4) is 0 Å². The Kier molecular flexibility index (Phi) is 8.50. The van der Waals surface area contributed by atoms with Crippen molar-refractivity contribution in [2.24, 2.45) is 0 Å². The zero-order valence-electron chi connectivity index (χ0n) is 12.5. The largest absolute Gasteiger partial charge is 0.332 e. The lowest BCUT2D eigenvalue weighted by Gasteiger charge is -2.23. The summed E-state index contributed by atoms with van der Waals surface area (Å²) in [5, 5.41) is 6.51. The van der Waals surface area contributed by atoms with Gasteiger partial charge in [-0.25, -0.2) is 0 Å². The van der Waals surface area contributed by atoms with Crippen LogP contribution < -0.4 is 10.6 Å². The van der Waals surface area contributed by atoms with Crippen molar-refractivity contribution in [2.75, 3.05) is 30.0 Å². The minimum atomic E-state index is -0.323. The molecule has 1 heterocycles. The van der Waals surface area contributed by atoms with Crippen LogP contribution in [0.15, 0.2) is 18.2 Å². The van der Waals surface area contributed by atoms with Gasteiger partial charge in [-0.05, 0) is 19.1 Å². The number of nitrogens with one attached hydrogen (secondary N) is 2. The van der Waals surface area contributed by atoms with E-state index in [0.29, 0.717) is 22.3 Å². The molecule has 0 aliphatic carbocycles. The number of anilines is 1. The normalized spacial score (nSPS) is 16.6. The highest BCUT2D eigenvalue weighted by Gasteiger charge is 2.27. The van der Waals surface area contributed by atoms with E-state index >= 15 is 0 Å². The van der Waals surface area contributed by atoms with Gasteiger partial charge in [-0.2, -0.15) is 0 Å². The lowest BCUT2D eigenvalue weighted by molar-refractivity contribution is -0.135. The van der Waals surface area contributed by atoms with Crippen LogP contribution in [-0.2, 0) is 9.59 Å². The van der Waals surface area contributed by atoms with E-state index in [4.69, 9.17) is 23.2 Å². The van der Waals surface area contributed by atoms with E-state index in [1.54, 1.807) is 30.0 Å². The molecule has 1 atom stereocenters. The first-order valence-electron chi connectivity index (χ1n) is 6.86. The van der Waals surface area contributed by atoms with Crippen LogP contribution in [0.2, 0.25) is 10.0 Å². The molecule has 2 N–H and O–H groups in total. The number of hydrogen-bond donors (Lipinski definition) is 2. The van der Waals surface area contributed by atoms with Crippen LogP contribution >= 0.6 is 47.4 Å². The van der Waals surface area contributed by atoms with E-state index in [2.05, 4.69) is 10.6 Å². The van der Waals surface area contributed by atoms with Crippen LogP contribution in [0.4, 0.5) is 5.69 Å². The lowest BCUT2D eigenvalue weighted by Crippen LogP contribution is -2.47. The molecule has 9 heteroatoms. The van der Waals surface area contributed by atoms with Crippen molar-refractivity contribution >= 4 is 64.9 Å². The summed E-state index contributed by atoms with van der Waals surface area (Å²) in [5.74, 6) is 1.10. The third kappa shape index (κ3) is 5.43. The Morgan fingerprint density at radius 1 is 1.39 bits per heavy atom.